The van der Waals surface area contributed by atoms with Gasteiger partial charge in [0, 0.05) is 13.0 Å². The highest BCUT2D eigenvalue weighted by Gasteiger charge is 2.32. The van der Waals surface area contributed by atoms with Crippen LogP contribution in [-0.2, 0) is 32.0 Å². The molecule has 0 aliphatic rings. The molecule has 42 heavy (non-hydrogen) atoms. The molecule has 0 saturated carbocycles. The minimum absolute atomic E-state index is 0.0883. The van der Waals surface area contributed by atoms with Crippen LogP contribution in [0.5, 0.6) is 0 Å². The Morgan fingerprint density at radius 3 is 1.88 bits per heavy atom. The van der Waals surface area contributed by atoms with Gasteiger partial charge in [0.1, 0.15) is 18.1 Å². The van der Waals surface area contributed by atoms with E-state index in [4.69, 9.17) is 17.2 Å². The zero-order valence-corrected chi connectivity index (χ0v) is 24.2. The number of benzene rings is 2. The number of carboxylic acid groups (broad SMARTS) is 1. The van der Waals surface area contributed by atoms with Crippen LogP contribution in [-0.4, -0.2) is 65.5 Å². The van der Waals surface area contributed by atoms with Crippen molar-refractivity contribution in [1.82, 2.24) is 16.0 Å². The number of nitrogens with one attached hydrogen (secondary N) is 3. The molecule has 0 spiro atoms. The molecular formula is C30H43N7O5. The second kappa shape index (κ2) is 17.4. The van der Waals surface area contributed by atoms with E-state index in [1.807, 2.05) is 67.6 Å². The topological polar surface area (TPSA) is 215 Å². The van der Waals surface area contributed by atoms with Crippen molar-refractivity contribution >= 4 is 29.7 Å². The summed E-state index contributed by atoms with van der Waals surface area (Å²) in [5, 5.41) is 17.7. The number of guanidine groups is 1. The highest BCUT2D eigenvalue weighted by Crippen LogP contribution is 2.12. The van der Waals surface area contributed by atoms with Crippen LogP contribution in [0.25, 0.3) is 0 Å². The summed E-state index contributed by atoms with van der Waals surface area (Å²) in [6, 6.07) is 14.3. The lowest BCUT2D eigenvalue weighted by Gasteiger charge is -2.28. The zero-order valence-electron chi connectivity index (χ0n) is 24.2. The maximum absolute atomic E-state index is 13.6. The predicted octanol–water partition coefficient (Wildman–Crippen LogP) is 0.438. The molecule has 0 bridgehead atoms. The fourth-order valence-electron chi connectivity index (χ4n) is 4.28. The van der Waals surface area contributed by atoms with Crippen LogP contribution < -0.4 is 33.2 Å². The van der Waals surface area contributed by atoms with E-state index in [1.54, 1.807) is 6.92 Å². The number of carboxylic acids is 1. The molecule has 2 aromatic rings. The first kappa shape index (κ1) is 33.8. The van der Waals surface area contributed by atoms with Gasteiger partial charge in [0.15, 0.2) is 5.96 Å². The predicted molar refractivity (Wildman–Crippen MR) is 161 cm³/mol. The molecular weight excluding hydrogens is 538 g/mol. The van der Waals surface area contributed by atoms with Gasteiger partial charge in [-0.3, -0.25) is 19.4 Å². The van der Waals surface area contributed by atoms with Crippen LogP contribution in [0.4, 0.5) is 0 Å². The third-order valence-electron chi connectivity index (χ3n) is 6.90. The van der Waals surface area contributed by atoms with E-state index in [-0.39, 0.29) is 37.7 Å². The molecule has 0 fully saturated rings. The molecule has 5 unspecified atom stereocenters. The van der Waals surface area contributed by atoms with Gasteiger partial charge in [-0.2, -0.15) is 0 Å². The second-order valence-electron chi connectivity index (χ2n) is 10.3. The minimum Gasteiger partial charge on any atom is -0.480 e. The summed E-state index contributed by atoms with van der Waals surface area (Å²) in [6.45, 7) is 3.84. The molecule has 3 amide bonds. The maximum Gasteiger partial charge on any atom is 0.326 e. The van der Waals surface area contributed by atoms with Crippen molar-refractivity contribution in [2.45, 2.75) is 70.1 Å². The molecule has 5 atom stereocenters. The van der Waals surface area contributed by atoms with Crippen LogP contribution in [0.15, 0.2) is 65.7 Å². The number of hydrogen-bond acceptors (Lipinski definition) is 6. The number of nitrogens with zero attached hydrogens (tertiary/aromatic N) is 1. The van der Waals surface area contributed by atoms with Gasteiger partial charge in [0.05, 0.1) is 6.04 Å². The Morgan fingerprint density at radius 1 is 0.810 bits per heavy atom. The Bertz CT molecular complexity index is 1190. The van der Waals surface area contributed by atoms with Gasteiger partial charge >= 0.3 is 5.97 Å². The third-order valence-corrected chi connectivity index (χ3v) is 6.90. The van der Waals surface area contributed by atoms with E-state index in [1.165, 1.54) is 0 Å². The molecule has 2 aromatic carbocycles. The molecule has 0 aliphatic heterocycles. The monoisotopic (exact) mass is 581 g/mol. The van der Waals surface area contributed by atoms with Crippen molar-refractivity contribution in [2.75, 3.05) is 6.54 Å². The van der Waals surface area contributed by atoms with Crippen molar-refractivity contribution in [3.63, 3.8) is 0 Å². The van der Waals surface area contributed by atoms with Crippen LogP contribution in [0.1, 0.15) is 44.2 Å². The van der Waals surface area contributed by atoms with Gasteiger partial charge in [-0.1, -0.05) is 80.9 Å². The van der Waals surface area contributed by atoms with Gasteiger partial charge in [0.25, 0.3) is 0 Å². The van der Waals surface area contributed by atoms with Crippen LogP contribution >= 0.6 is 0 Å². The fraction of sp³-hybridized carbons (Fsp3) is 0.433. The Kier molecular flexibility index (Phi) is 14.0. The quantitative estimate of drug-likeness (QED) is 0.0788. The van der Waals surface area contributed by atoms with Gasteiger partial charge in [-0.25, -0.2) is 4.79 Å². The first-order valence-corrected chi connectivity index (χ1v) is 14.0. The third kappa shape index (κ3) is 11.6. The van der Waals surface area contributed by atoms with E-state index < -0.39 is 47.9 Å². The van der Waals surface area contributed by atoms with E-state index in [9.17, 15) is 24.3 Å². The fourth-order valence-corrected chi connectivity index (χ4v) is 4.28. The molecule has 12 nitrogen and oxygen atoms in total. The van der Waals surface area contributed by atoms with E-state index >= 15 is 0 Å². The van der Waals surface area contributed by atoms with Gasteiger partial charge in [-0.15, -0.1) is 0 Å². The number of nitrogens with two attached hydrogens (primary N) is 3. The summed E-state index contributed by atoms with van der Waals surface area (Å²) < 4.78 is 0. The van der Waals surface area contributed by atoms with Crippen molar-refractivity contribution in [1.29, 1.82) is 0 Å². The van der Waals surface area contributed by atoms with Crippen molar-refractivity contribution in [3.05, 3.63) is 71.8 Å². The number of rotatable bonds is 17. The SMILES string of the molecule is CCC(C)C(NC(=O)C(Cc1ccccc1)NC(=O)C(N)Cc1ccccc1)C(=O)NC(CCCN=C(N)N)C(=O)O. The molecule has 12 heteroatoms. The Morgan fingerprint density at radius 2 is 1.36 bits per heavy atom. The first-order chi connectivity index (χ1) is 20.0. The molecule has 0 saturated heterocycles. The Balaban J connectivity index is 2.19. The number of carbonyl (C=O) groups excluding carboxylic acids is 3. The lowest BCUT2D eigenvalue weighted by molar-refractivity contribution is -0.142. The summed E-state index contributed by atoms with van der Waals surface area (Å²) >= 11 is 0. The van der Waals surface area contributed by atoms with Gasteiger partial charge in [-0.05, 0) is 36.3 Å². The van der Waals surface area contributed by atoms with Gasteiger partial charge in [0.2, 0.25) is 17.7 Å². The van der Waals surface area contributed by atoms with Crippen molar-refractivity contribution in [3.8, 4) is 0 Å². The first-order valence-electron chi connectivity index (χ1n) is 14.0. The smallest absolute Gasteiger partial charge is 0.326 e. The largest absolute Gasteiger partial charge is 0.480 e. The van der Waals surface area contributed by atoms with E-state index in [0.29, 0.717) is 12.8 Å². The van der Waals surface area contributed by atoms with Gasteiger partial charge < -0.3 is 38.3 Å². The van der Waals surface area contributed by atoms with Crippen LogP contribution in [0, 0.1) is 5.92 Å². The average Bonchev–Trinajstić information content (AvgIpc) is 2.97. The number of hydrogen-bond donors (Lipinski definition) is 7. The summed E-state index contributed by atoms with van der Waals surface area (Å²) in [7, 11) is 0. The highest BCUT2D eigenvalue weighted by atomic mass is 16.4. The summed E-state index contributed by atoms with van der Waals surface area (Å²) in [5.74, 6) is -3.39. The summed E-state index contributed by atoms with van der Waals surface area (Å²) in [6.07, 6.45) is 1.38. The number of aliphatic carboxylic acids is 1. The minimum atomic E-state index is -1.22. The molecule has 2 rings (SSSR count). The molecule has 0 radical (unpaired) electrons. The zero-order chi connectivity index (χ0) is 31.1. The molecule has 228 valence electrons. The average molecular weight is 582 g/mol. The van der Waals surface area contributed by atoms with E-state index in [0.717, 1.165) is 11.1 Å². The second-order valence-corrected chi connectivity index (χ2v) is 10.3. The summed E-state index contributed by atoms with van der Waals surface area (Å²) in [5.41, 5.74) is 18.5. The number of aliphatic imine (C=N–C) groups is 1. The van der Waals surface area contributed by atoms with Crippen LogP contribution in [0.2, 0.25) is 0 Å². The summed E-state index contributed by atoms with van der Waals surface area (Å²) in [4.78, 5) is 55.6. The lowest BCUT2D eigenvalue weighted by atomic mass is 9.96. The normalized spacial score (nSPS) is 14.4. The van der Waals surface area contributed by atoms with E-state index in [2.05, 4.69) is 20.9 Å². The number of carbonyl (C=O) groups is 4. The number of amides is 3. The Hall–Kier alpha value is -4.45. The molecule has 10 N–H and O–H groups in total. The molecule has 0 aliphatic carbocycles. The van der Waals surface area contributed by atoms with Crippen LogP contribution in [0.3, 0.4) is 0 Å². The lowest BCUT2D eigenvalue weighted by Crippen LogP contribution is -2.59. The van der Waals surface area contributed by atoms with Crippen molar-refractivity contribution < 1.29 is 24.3 Å². The molecule has 0 heterocycles. The highest BCUT2D eigenvalue weighted by molar-refractivity contribution is 5.94. The Labute approximate surface area is 246 Å². The molecule has 0 aromatic heterocycles. The maximum atomic E-state index is 13.6. The standard InChI is InChI=1S/C30H43N7O5/c1-3-19(2)25(28(40)35-23(29(41)42)15-10-16-34-30(32)33)37-27(39)24(18-21-13-8-5-9-14-21)36-26(38)22(31)17-20-11-6-4-7-12-20/h4-9,11-14,19,22-25H,3,10,15-18,31H2,1-2H3,(H,35,40)(H,36,38)(H,37,39)(H,41,42)(H4,32,33,34). The van der Waals surface area contributed by atoms with Crippen molar-refractivity contribution in [2.24, 2.45) is 28.1 Å².